The van der Waals surface area contributed by atoms with Crippen molar-refractivity contribution in [2.24, 2.45) is 11.1 Å². The van der Waals surface area contributed by atoms with E-state index in [9.17, 15) is 9.90 Å². The van der Waals surface area contributed by atoms with Gasteiger partial charge in [0.15, 0.2) is 0 Å². The van der Waals surface area contributed by atoms with Gasteiger partial charge in [0.05, 0.1) is 6.10 Å². The number of aliphatic hydroxyl groups excluding tert-OH is 1. The minimum absolute atomic E-state index is 0. The van der Waals surface area contributed by atoms with Crippen molar-refractivity contribution >= 4 is 18.3 Å². The number of carbonyl (C=O) groups is 1. The fraction of sp³-hybridized carbons (Fsp3) is 0.929. The van der Waals surface area contributed by atoms with Crippen molar-refractivity contribution in [3.05, 3.63) is 0 Å². The molecule has 1 aliphatic carbocycles. The summed E-state index contributed by atoms with van der Waals surface area (Å²) in [5.41, 5.74) is 5.87. The van der Waals surface area contributed by atoms with E-state index in [0.717, 1.165) is 25.7 Å². The number of hydrogen-bond donors (Lipinski definition) is 3. The summed E-state index contributed by atoms with van der Waals surface area (Å²) in [7, 11) is 0. The molecular weight excluding hydrogens is 264 g/mol. The fourth-order valence-electron chi connectivity index (χ4n) is 2.82. The first-order valence-corrected chi connectivity index (χ1v) is 7.27. The molecule has 4 N–H and O–H groups in total. The molecule has 0 aromatic heterocycles. The van der Waals surface area contributed by atoms with Crippen molar-refractivity contribution in [3.8, 4) is 0 Å². The highest BCUT2D eigenvalue weighted by molar-refractivity contribution is 5.85. The fourth-order valence-corrected chi connectivity index (χ4v) is 2.82. The first-order chi connectivity index (χ1) is 8.62. The van der Waals surface area contributed by atoms with Crippen LogP contribution in [0.25, 0.3) is 0 Å². The van der Waals surface area contributed by atoms with Crippen molar-refractivity contribution < 1.29 is 9.90 Å². The summed E-state index contributed by atoms with van der Waals surface area (Å²) in [4.78, 5) is 11.9. The van der Waals surface area contributed by atoms with Gasteiger partial charge in [0.2, 0.25) is 5.91 Å². The van der Waals surface area contributed by atoms with Gasteiger partial charge in [0.25, 0.3) is 0 Å². The van der Waals surface area contributed by atoms with E-state index in [1.165, 1.54) is 19.3 Å². The maximum atomic E-state index is 11.9. The second kappa shape index (κ2) is 9.56. The maximum absolute atomic E-state index is 11.9. The number of nitrogens with one attached hydrogen (secondary N) is 1. The first-order valence-electron chi connectivity index (χ1n) is 7.27. The summed E-state index contributed by atoms with van der Waals surface area (Å²) >= 11 is 0. The Kier molecular flexibility index (Phi) is 9.40. The van der Waals surface area contributed by atoms with Gasteiger partial charge in [-0.1, -0.05) is 32.6 Å². The van der Waals surface area contributed by atoms with Gasteiger partial charge < -0.3 is 16.2 Å². The molecule has 0 bridgehead atoms. The largest absolute Gasteiger partial charge is 0.391 e. The zero-order valence-electron chi connectivity index (χ0n) is 12.0. The van der Waals surface area contributed by atoms with Gasteiger partial charge in [0, 0.05) is 13.0 Å². The Hall–Kier alpha value is -0.320. The maximum Gasteiger partial charge on any atom is 0.220 e. The lowest BCUT2D eigenvalue weighted by atomic mass is 9.71. The third-order valence-electron chi connectivity index (χ3n) is 4.04. The van der Waals surface area contributed by atoms with Crippen LogP contribution in [0.1, 0.15) is 58.3 Å². The van der Waals surface area contributed by atoms with Crippen LogP contribution in [0.4, 0.5) is 0 Å². The average Bonchev–Trinajstić information content (AvgIpc) is 2.38. The summed E-state index contributed by atoms with van der Waals surface area (Å²) in [6.07, 6.45) is 7.53. The molecule has 0 spiro atoms. The van der Waals surface area contributed by atoms with Gasteiger partial charge >= 0.3 is 0 Å². The van der Waals surface area contributed by atoms with Crippen LogP contribution in [-0.4, -0.2) is 30.2 Å². The predicted molar refractivity (Wildman–Crippen MR) is 80.4 cm³/mol. The van der Waals surface area contributed by atoms with Gasteiger partial charge in [-0.2, -0.15) is 0 Å². The SMILES string of the molecule is CCCC(O)CNC(=O)CC1(CN)CCCCC1.Cl. The number of hydrogen-bond acceptors (Lipinski definition) is 3. The highest BCUT2D eigenvalue weighted by atomic mass is 35.5. The molecule has 1 rings (SSSR count). The average molecular weight is 293 g/mol. The smallest absolute Gasteiger partial charge is 0.220 e. The number of amides is 1. The summed E-state index contributed by atoms with van der Waals surface area (Å²) in [5, 5.41) is 12.4. The van der Waals surface area contributed by atoms with Crippen LogP contribution >= 0.6 is 12.4 Å². The molecule has 0 heterocycles. The second-order valence-electron chi connectivity index (χ2n) is 5.69. The van der Waals surface area contributed by atoms with Crippen molar-refractivity contribution in [3.63, 3.8) is 0 Å². The van der Waals surface area contributed by atoms with E-state index in [4.69, 9.17) is 5.73 Å². The molecule has 1 amide bonds. The number of halogens is 1. The van der Waals surface area contributed by atoms with E-state index in [0.29, 0.717) is 19.5 Å². The third-order valence-corrected chi connectivity index (χ3v) is 4.04. The van der Waals surface area contributed by atoms with Crippen LogP contribution in [0.2, 0.25) is 0 Å². The minimum atomic E-state index is -0.417. The Balaban J connectivity index is 0.00000324. The van der Waals surface area contributed by atoms with Crippen molar-refractivity contribution in [1.82, 2.24) is 5.32 Å². The standard InChI is InChI=1S/C14H28N2O2.ClH/c1-2-6-12(17)10-16-13(18)9-14(11-15)7-4-3-5-8-14;/h12,17H,2-11,15H2,1H3,(H,16,18);1H. The van der Waals surface area contributed by atoms with E-state index in [1.807, 2.05) is 6.92 Å². The molecule has 5 heteroatoms. The summed E-state index contributed by atoms with van der Waals surface area (Å²) < 4.78 is 0. The number of carbonyl (C=O) groups excluding carboxylic acids is 1. The molecule has 1 aliphatic rings. The van der Waals surface area contributed by atoms with Gasteiger partial charge in [-0.05, 0) is 31.2 Å². The first kappa shape index (κ1) is 18.7. The van der Waals surface area contributed by atoms with Gasteiger partial charge in [-0.25, -0.2) is 0 Å². The molecular formula is C14H29ClN2O2. The van der Waals surface area contributed by atoms with Crippen LogP contribution in [0.15, 0.2) is 0 Å². The van der Waals surface area contributed by atoms with Crippen LogP contribution in [0.5, 0.6) is 0 Å². The molecule has 1 fully saturated rings. The van der Waals surface area contributed by atoms with Crippen LogP contribution in [-0.2, 0) is 4.79 Å². The topological polar surface area (TPSA) is 75.3 Å². The quantitative estimate of drug-likeness (QED) is 0.672. The number of aliphatic hydroxyl groups is 1. The second-order valence-corrected chi connectivity index (χ2v) is 5.69. The molecule has 1 saturated carbocycles. The molecule has 1 atom stereocenters. The van der Waals surface area contributed by atoms with E-state index >= 15 is 0 Å². The van der Waals surface area contributed by atoms with Crippen molar-refractivity contribution in [1.29, 1.82) is 0 Å². The monoisotopic (exact) mass is 292 g/mol. The molecule has 114 valence electrons. The molecule has 4 nitrogen and oxygen atoms in total. The summed E-state index contributed by atoms with van der Waals surface area (Å²) in [6.45, 7) is 2.99. The molecule has 1 unspecified atom stereocenters. The van der Waals surface area contributed by atoms with Crippen LogP contribution < -0.4 is 11.1 Å². The zero-order valence-corrected chi connectivity index (χ0v) is 12.8. The van der Waals surface area contributed by atoms with Gasteiger partial charge in [0.1, 0.15) is 0 Å². The molecule has 0 aromatic rings. The molecule has 0 aromatic carbocycles. The number of rotatable bonds is 7. The Bertz CT molecular complexity index is 256. The van der Waals surface area contributed by atoms with E-state index < -0.39 is 6.10 Å². The third kappa shape index (κ3) is 6.59. The van der Waals surface area contributed by atoms with Crippen molar-refractivity contribution in [2.75, 3.05) is 13.1 Å². The van der Waals surface area contributed by atoms with E-state index in [-0.39, 0.29) is 23.7 Å². The lowest BCUT2D eigenvalue weighted by Gasteiger charge is -2.35. The Morgan fingerprint density at radius 1 is 1.37 bits per heavy atom. The van der Waals surface area contributed by atoms with Gasteiger partial charge in [-0.15, -0.1) is 12.4 Å². The Morgan fingerprint density at radius 3 is 2.53 bits per heavy atom. The summed E-state index contributed by atoms with van der Waals surface area (Å²) in [5.74, 6) is 0.0394. The van der Waals surface area contributed by atoms with Crippen LogP contribution in [0.3, 0.4) is 0 Å². The number of nitrogens with two attached hydrogens (primary N) is 1. The molecule has 0 saturated heterocycles. The lowest BCUT2D eigenvalue weighted by Crippen LogP contribution is -2.40. The Labute approximate surface area is 122 Å². The van der Waals surface area contributed by atoms with Crippen molar-refractivity contribution in [2.45, 2.75) is 64.4 Å². The zero-order chi connectivity index (χ0) is 13.4. The van der Waals surface area contributed by atoms with Gasteiger partial charge in [-0.3, -0.25) is 4.79 Å². The molecule has 0 aliphatic heterocycles. The Morgan fingerprint density at radius 2 is 2.00 bits per heavy atom. The normalized spacial score (nSPS) is 19.3. The lowest BCUT2D eigenvalue weighted by molar-refractivity contribution is -0.124. The van der Waals surface area contributed by atoms with E-state index in [1.54, 1.807) is 0 Å². The molecule has 0 radical (unpaired) electrons. The highest BCUT2D eigenvalue weighted by Gasteiger charge is 2.32. The summed E-state index contributed by atoms with van der Waals surface area (Å²) in [6, 6.07) is 0. The predicted octanol–water partition coefficient (Wildman–Crippen LogP) is 1.98. The molecule has 19 heavy (non-hydrogen) atoms. The highest BCUT2D eigenvalue weighted by Crippen LogP contribution is 2.38. The van der Waals surface area contributed by atoms with E-state index in [2.05, 4.69) is 5.32 Å². The van der Waals surface area contributed by atoms with Crippen LogP contribution in [0, 0.1) is 5.41 Å². The minimum Gasteiger partial charge on any atom is -0.391 e.